The number of carboxylic acids is 1. The lowest BCUT2D eigenvalue weighted by molar-refractivity contribution is -0.689. The number of hydrogen-bond acceptors (Lipinski definition) is 11. The molecule has 0 spiro atoms. The van der Waals surface area contributed by atoms with E-state index in [0.717, 1.165) is 16.4 Å². The fourth-order valence-electron chi connectivity index (χ4n) is 3.41. The van der Waals surface area contributed by atoms with Gasteiger partial charge in [-0.05, 0) is 0 Å². The van der Waals surface area contributed by atoms with Gasteiger partial charge in [0.15, 0.2) is 30.7 Å². The largest absolute Gasteiger partial charge is 0.543 e. The van der Waals surface area contributed by atoms with Gasteiger partial charge in [-0.2, -0.15) is 9.36 Å². The third-order valence-electron chi connectivity index (χ3n) is 4.85. The van der Waals surface area contributed by atoms with E-state index in [0.29, 0.717) is 11.3 Å². The quantitative estimate of drug-likeness (QED) is 0.103. The van der Waals surface area contributed by atoms with Gasteiger partial charge in [0.25, 0.3) is 11.8 Å². The number of nitrogens with two attached hydrogens (primary N) is 1. The van der Waals surface area contributed by atoms with Crippen LogP contribution in [-0.4, -0.2) is 61.5 Å². The zero-order chi connectivity index (χ0) is 24.2. The maximum absolute atomic E-state index is 12.9. The van der Waals surface area contributed by atoms with E-state index in [2.05, 4.69) is 25.8 Å². The van der Waals surface area contributed by atoms with Crippen molar-refractivity contribution in [3.05, 3.63) is 47.7 Å². The van der Waals surface area contributed by atoms with Crippen molar-refractivity contribution in [1.29, 1.82) is 0 Å². The van der Waals surface area contributed by atoms with Gasteiger partial charge in [-0.25, -0.2) is 4.57 Å². The second-order valence-electron chi connectivity index (χ2n) is 7.02. The van der Waals surface area contributed by atoms with Crippen LogP contribution in [0.5, 0.6) is 0 Å². The number of aliphatic carboxylic acids is 1. The third-order valence-corrected chi connectivity index (χ3v) is 6.73. The van der Waals surface area contributed by atoms with E-state index < -0.39 is 29.2 Å². The summed E-state index contributed by atoms with van der Waals surface area (Å²) in [5.74, 6) is -0.384. The van der Waals surface area contributed by atoms with Crippen molar-refractivity contribution in [2.75, 3.05) is 18.1 Å². The number of nitrogen functional groups attached to an aromatic ring is 1. The molecule has 0 radical (unpaired) electrons. The van der Waals surface area contributed by atoms with Gasteiger partial charge in [-0.1, -0.05) is 17.1 Å². The Bertz CT molecular complexity index is 1240. The summed E-state index contributed by atoms with van der Waals surface area (Å²) in [5.41, 5.74) is 5.62. The standard InChI is InChI=1S/C20H17N7O5S2/c1-2-8-32-24-12(15-23-20(21)34-25-15)16(28)22-13-17(29)27-14(19(30)31)11(10-33-18(13)27)9-26-6-4-3-5-7-26/h1,3-7,13,18H,8-10H2,(H3-,21,22,23,25,28,30,31)/t13?,18-/m0/s1. The van der Waals surface area contributed by atoms with Gasteiger partial charge in [0.05, 0.1) is 11.7 Å². The first-order chi connectivity index (χ1) is 16.4. The number of terminal acetylenes is 1. The zero-order valence-corrected chi connectivity index (χ0v) is 19.0. The second-order valence-corrected chi connectivity index (χ2v) is 8.91. The lowest BCUT2D eigenvalue weighted by Crippen LogP contribution is -2.71. The van der Waals surface area contributed by atoms with Gasteiger partial charge in [-0.3, -0.25) is 14.5 Å². The summed E-state index contributed by atoms with van der Waals surface area (Å²) in [5, 5.41) is 17.6. The average Bonchev–Trinajstić information content (AvgIpc) is 3.26. The molecule has 1 fully saturated rings. The topological polar surface area (TPSA) is 167 Å². The van der Waals surface area contributed by atoms with E-state index in [1.54, 1.807) is 17.0 Å². The highest BCUT2D eigenvalue weighted by atomic mass is 32.2. The highest BCUT2D eigenvalue weighted by Crippen LogP contribution is 2.40. The number of anilines is 1. The minimum Gasteiger partial charge on any atom is -0.543 e. The van der Waals surface area contributed by atoms with E-state index in [1.165, 1.54) is 11.8 Å². The van der Waals surface area contributed by atoms with Crippen LogP contribution in [0.4, 0.5) is 5.13 Å². The number of hydrogen-bond donors (Lipinski definition) is 2. The minimum atomic E-state index is -1.46. The maximum Gasteiger partial charge on any atom is 0.278 e. The van der Waals surface area contributed by atoms with Crippen LogP contribution in [-0.2, 0) is 25.8 Å². The SMILES string of the molecule is C#CCON=C(C(=O)NC1C(=O)N2C(C(=O)[O-])=C(C[n+]3ccccc3)CS[C@@H]12)c1nsc(N)n1. The Hall–Kier alpha value is -3.96. The number of β-lactam (4-membered cyclic amide) rings is 1. The van der Waals surface area contributed by atoms with Crippen LogP contribution in [0, 0.1) is 12.3 Å². The lowest BCUT2D eigenvalue weighted by atomic mass is 10.0. The van der Waals surface area contributed by atoms with Gasteiger partial charge < -0.3 is 25.8 Å². The van der Waals surface area contributed by atoms with Crippen LogP contribution >= 0.6 is 23.3 Å². The number of thioether (sulfide) groups is 1. The van der Waals surface area contributed by atoms with E-state index in [4.69, 9.17) is 17.0 Å². The molecule has 0 aliphatic carbocycles. The van der Waals surface area contributed by atoms with Gasteiger partial charge >= 0.3 is 0 Å². The maximum atomic E-state index is 12.9. The van der Waals surface area contributed by atoms with Crippen LogP contribution in [0.25, 0.3) is 0 Å². The highest BCUT2D eigenvalue weighted by molar-refractivity contribution is 8.00. The molecule has 4 heterocycles. The van der Waals surface area contributed by atoms with Gasteiger partial charge in [-0.15, -0.1) is 18.2 Å². The summed E-state index contributed by atoms with van der Waals surface area (Å²) in [7, 11) is 0. The summed E-state index contributed by atoms with van der Waals surface area (Å²) in [4.78, 5) is 47.6. The van der Waals surface area contributed by atoms with Crippen LogP contribution in [0.1, 0.15) is 5.82 Å². The highest BCUT2D eigenvalue weighted by Gasteiger charge is 2.53. The number of nitrogens with one attached hydrogen (secondary N) is 1. The molecular formula is C20H17N7O5S2. The van der Waals surface area contributed by atoms with Crippen molar-refractivity contribution in [3.63, 3.8) is 0 Å². The molecule has 1 unspecified atom stereocenters. The average molecular weight is 500 g/mol. The number of carboxylic acid groups (broad SMARTS) is 1. The molecule has 1 saturated heterocycles. The predicted molar refractivity (Wildman–Crippen MR) is 119 cm³/mol. The van der Waals surface area contributed by atoms with E-state index >= 15 is 0 Å². The van der Waals surface area contributed by atoms with Crippen molar-refractivity contribution in [2.45, 2.75) is 18.0 Å². The normalized spacial score (nSPS) is 19.7. The molecule has 0 saturated carbocycles. The summed E-state index contributed by atoms with van der Waals surface area (Å²) in [6, 6.07) is 4.48. The van der Waals surface area contributed by atoms with E-state index in [-0.39, 0.29) is 35.5 Å². The van der Waals surface area contributed by atoms with Crippen LogP contribution < -0.4 is 20.7 Å². The molecule has 12 nitrogen and oxygen atoms in total. The molecule has 2 aliphatic heterocycles. The summed E-state index contributed by atoms with van der Waals surface area (Å²) in [6.07, 6.45) is 8.71. The second kappa shape index (κ2) is 9.89. The number of rotatable bonds is 8. The first-order valence-electron chi connectivity index (χ1n) is 9.76. The number of fused-ring (bicyclic) bond motifs is 1. The molecule has 0 aromatic carbocycles. The van der Waals surface area contributed by atoms with Crippen molar-refractivity contribution < 1.29 is 28.9 Å². The van der Waals surface area contributed by atoms with Gasteiger partial charge in [0, 0.05) is 35.0 Å². The molecule has 174 valence electrons. The first-order valence-corrected chi connectivity index (χ1v) is 11.6. The number of oxime groups is 1. The molecule has 14 heteroatoms. The smallest absolute Gasteiger partial charge is 0.278 e. The number of aromatic nitrogens is 3. The number of carbonyl (C=O) groups is 3. The van der Waals surface area contributed by atoms with Crippen molar-refractivity contribution in [1.82, 2.24) is 19.6 Å². The number of amides is 2. The van der Waals surface area contributed by atoms with Gasteiger partial charge in [0.2, 0.25) is 11.5 Å². The molecule has 3 N–H and O–H groups in total. The van der Waals surface area contributed by atoms with Crippen LogP contribution in [0.3, 0.4) is 0 Å². The predicted octanol–water partition coefficient (Wildman–Crippen LogP) is -2.13. The summed E-state index contributed by atoms with van der Waals surface area (Å²) >= 11 is 2.18. The number of nitrogens with zero attached hydrogens (tertiary/aromatic N) is 5. The van der Waals surface area contributed by atoms with Crippen LogP contribution in [0.2, 0.25) is 0 Å². The lowest BCUT2D eigenvalue weighted by Gasteiger charge is -2.50. The Morgan fingerprint density at radius 1 is 1.41 bits per heavy atom. The summed E-state index contributed by atoms with van der Waals surface area (Å²) < 4.78 is 5.74. The minimum absolute atomic E-state index is 0.0885. The Morgan fingerprint density at radius 2 is 2.18 bits per heavy atom. The zero-order valence-electron chi connectivity index (χ0n) is 17.4. The summed E-state index contributed by atoms with van der Waals surface area (Å²) in [6.45, 7) is 0.0813. The molecule has 0 bridgehead atoms. The Labute approximate surface area is 201 Å². The van der Waals surface area contributed by atoms with Crippen molar-refractivity contribution in [3.8, 4) is 12.3 Å². The molecular weight excluding hydrogens is 482 g/mol. The first kappa shape index (κ1) is 23.2. The van der Waals surface area contributed by atoms with Crippen molar-refractivity contribution in [2.24, 2.45) is 5.16 Å². The van der Waals surface area contributed by atoms with E-state index in [1.807, 2.05) is 18.2 Å². The molecule has 2 aromatic rings. The Balaban J connectivity index is 1.53. The van der Waals surface area contributed by atoms with Crippen LogP contribution in [0.15, 0.2) is 47.0 Å². The molecule has 2 aliphatic rings. The molecule has 2 atom stereocenters. The third kappa shape index (κ3) is 4.56. The molecule has 34 heavy (non-hydrogen) atoms. The fourth-order valence-corrected chi connectivity index (χ4v) is 5.18. The molecule has 2 amide bonds. The number of pyridine rings is 1. The monoisotopic (exact) mass is 499 g/mol. The van der Waals surface area contributed by atoms with Gasteiger partial charge in [0.1, 0.15) is 11.4 Å². The molecule has 4 rings (SSSR count). The Kier molecular flexibility index (Phi) is 6.75. The fraction of sp³-hybridized carbons (Fsp3) is 0.250. The molecule has 2 aromatic heterocycles. The van der Waals surface area contributed by atoms with E-state index in [9.17, 15) is 19.5 Å². The van der Waals surface area contributed by atoms with Crippen molar-refractivity contribution >= 4 is 51.9 Å². The number of carbonyl (C=O) groups excluding carboxylic acids is 3. The Morgan fingerprint density at radius 3 is 2.82 bits per heavy atom.